The summed E-state index contributed by atoms with van der Waals surface area (Å²) in [6.45, 7) is 3.79. The van der Waals surface area contributed by atoms with Crippen molar-refractivity contribution in [2.45, 2.75) is 13.3 Å². The van der Waals surface area contributed by atoms with Crippen molar-refractivity contribution in [3.8, 4) is 0 Å². The van der Waals surface area contributed by atoms with Crippen LogP contribution in [0.15, 0.2) is 16.7 Å². The molecule has 0 aliphatic carbocycles. The summed E-state index contributed by atoms with van der Waals surface area (Å²) in [6.07, 6.45) is 2.28. The van der Waals surface area contributed by atoms with Gasteiger partial charge in [0.2, 0.25) is 0 Å². The summed E-state index contributed by atoms with van der Waals surface area (Å²) in [5, 5.41) is 3.64. The molecule has 0 unspecified atom stereocenters. The number of hydrogen-bond acceptors (Lipinski definition) is 3. The summed E-state index contributed by atoms with van der Waals surface area (Å²) in [6, 6.07) is 1.72. The SMILES string of the molecule is Cc1cc(C(=O)NCCCOCCBr)co1. The Kier molecular flexibility index (Phi) is 6.18. The lowest BCUT2D eigenvalue weighted by atomic mass is 10.3. The van der Waals surface area contributed by atoms with Crippen molar-refractivity contribution in [2.24, 2.45) is 0 Å². The van der Waals surface area contributed by atoms with Gasteiger partial charge in [0.15, 0.2) is 0 Å². The lowest BCUT2D eigenvalue weighted by molar-refractivity contribution is 0.0944. The monoisotopic (exact) mass is 289 g/mol. The van der Waals surface area contributed by atoms with Crippen LogP contribution in [0.4, 0.5) is 0 Å². The van der Waals surface area contributed by atoms with Crippen LogP contribution in [0.3, 0.4) is 0 Å². The summed E-state index contributed by atoms with van der Waals surface area (Å²) in [5.74, 6) is 0.642. The zero-order valence-electron chi connectivity index (χ0n) is 9.29. The lowest BCUT2D eigenvalue weighted by Crippen LogP contribution is -2.24. The second kappa shape index (κ2) is 7.46. The molecule has 1 N–H and O–H groups in total. The average molecular weight is 290 g/mol. The predicted octanol–water partition coefficient (Wildman–Crippen LogP) is 2.12. The molecule has 1 aromatic rings. The highest BCUT2D eigenvalue weighted by atomic mass is 79.9. The van der Waals surface area contributed by atoms with Gasteiger partial charge in [-0.2, -0.15) is 0 Å². The minimum absolute atomic E-state index is 0.0997. The first-order chi connectivity index (χ1) is 7.74. The van der Waals surface area contributed by atoms with Crippen molar-refractivity contribution in [2.75, 3.05) is 25.1 Å². The molecule has 0 aromatic carbocycles. The number of alkyl halides is 1. The van der Waals surface area contributed by atoms with Gasteiger partial charge in [-0.25, -0.2) is 0 Å². The fourth-order valence-electron chi connectivity index (χ4n) is 1.20. The van der Waals surface area contributed by atoms with Gasteiger partial charge >= 0.3 is 0 Å². The van der Waals surface area contributed by atoms with Gasteiger partial charge < -0.3 is 14.5 Å². The maximum Gasteiger partial charge on any atom is 0.254 e. The van der Waals surface area contributed by atoms with Gasteiger partial charge in [0.1, 0.15) is 12.0 Å². The van der Waals surface area contributed by atoms with Crippen molar-refractivity contribution in [3.05, 3.63) is 23.7 Å². The molecule has 0 aliphatic heterocycles. The molecule has 4 nitrogen and oxygen atoms in total. The van der Waals surface area contributed by atoms with Gasteiger partial charge in [-0.1, -0.05) is 15.9 Å². The zero-order chi connectivity index (χ0) is 11.8. The highest BCUT2D eigenvalue weighted by Crippen LogP contribution is 2.05. The molecule has 0 saturated carbocycles. The minimum atomic E-state index is -0.0997. The van der Waals surface area contributed by atoms with Crippen LogP contribution in [0.25, 0.3) is 0 Å². The summed E-state index contributed by atoms with van der Waals surface area (Å²) in [5.41, 5.74) is 0.568. The van der Waals surface area contributed by atoms with E-state index in [1.165, 1.54) is 6.26 Å². The van der Waals surface area contributed by atoms with E-state index in [-0.39, 0.29) is 5.91 Å². The Hall–Kier alpha value is -0.810. The van der Waals surface area contributed by atoms with Crippen molar-refractivity contribution in [1.82, 2.24) is 5.32 Å². The van der Waals surface area contributed by atoms with Crippen molar-refractivity contribution in [1.29, 1.82) is 0 Å². The largest absolute Gasteiger partial charge is 0.469 e. The third kappa shape index (κ3) is 4.81. The Morgan fingerprint density at radius 2 is 2.38 bits per heavy atom. The molecule has 0 bridgehead atoms. The van der Waals surface area contributed by atoms with Gasteiger partial charge in [0.25, 0.3) is 5.91 Å². The second-order valence-electron chi connectivity index (χ2n) is 3.36. The van der Waals surface area contributed by atoms with E-state index in [0.717, 1.165) is 17.5 Å². The molecular formula is C11H16BrNO3. The number of amides is 1. The number of aryl methyl sites for hydroxylation is 1. The van der Waals surface area contributed by atoms with Gasteiger partial charge in [-0.3, -0.25) is 4.79 Å². The maximum absolute atomic E-state index is 11.5. The Bertz CT molecular complexity index is 325. The van der Waals surface area contributed by atoms with E-state index in [2.05, 4.69) is 21.2 Å². The molecule has 1 amide bonds. The number of carbonyl (C=O) groups excluding carboxylic acids is 1. The molecule has 0 saturated heterocycles. The Morgan fingerprint density at radius 3 is 3.00 bits per heavy atom. The van der Waals surface area contributed by atoms with Gasteiger partial charge in [0.05, 0.1) is 12.2 Å². The third-order valence-corrected chi connectivity index (χ3v) is 2.29. The highest BCUT2D eigenvalue weighted by Gasteiger charge is 2.06. The molecule has 0 radical (unpaired) electrons. The normalized spacial score (nSPS) is 10.4. The Labute approximate surface area is 103 Å². The summed E-state index contributed by atoms with van der Waals surface area (Å²) >= 11 is 3.27. The van der Waals surface area contributed by atoms with Crippen LogP contribution in [-0.4, -0.2) is 31.0 Å². The van der Waals surface area contributed by atoms with E-state index in [1.54, 1.807) is 6.07 Å². The number of ether oxygens (including phenoxy) is 1. The fraction of sp³-hybridized carbons (Fsp3) is 0.545. The first kappa shape index (κ1) is 13.3. The zero-order valence-corrected chi connectivity index (χ0v) is 10.9. The van der Waals surface area contributed by atoms with Crippen LogP contribution in [0.5, 0.6) is 0 Å². The van der Waals surface area contributed by atoms with Crippen molar-refractivity contribution in [3.63, 3.8) is 0 Å². The van der Waals surface area contributed by atoms with Gasteiger partial charge in [-0.15, -0.1) is 0 Å². The Balaban J connectivity index is 2.11. The van der Waals surface area contributed by atoms with E-state index >= 15 is 0 Å². The summed E-state index contributed by atoms with van der Waals surface area (Å²) < 4.78 is 10.3. The van der Waals surface area contributed by atoms with Crippen molar-refractivity contribution < 1.29 is 13.9 Å². The predicted molar refractivity (Wildman–Crippen MR) is 65.0 cm³/mol. The van der Waals surface area contributed by atoms with E-state index in [0.29, 0.717) is 25.3 Å². The van der Waals surface area contributed by atoms with Crippen LogP contribution in [0.2, 0.25) is 0 Å². The third-order valence-electron chi connectivity index (χ3n) is 1.97. The van der Waals surface area contributed by atoms with Crippen LogP contribution in [0, 0.1) is 6.92 Å². The molecule has 1 rings (SSSR count). The van der Waals surface area contributed by atoms with Gasteiger partial charge in [0, 0.05) is 18.5 Å². The molecule has 1 heterocycles. The number of carbonyl (C=O) groups is 1. The summed E-state index contributed by atoms with van der Waals surface area (Å²) in [4.78, 5) is 11.5. The molecule has 5 heteroatoms. The first-order valence-electron chi connectivity index (χ1n) is 5.21. The molecule has 16 heavy (non-hydrogen) atoms. The van der Waals surface area contributed by atoms with E-state index in [1.807, 2.05) is 6.92 Å². The van der Waals surface area contributed by atoms with E-state index in [4.69, 9.17) is 9.15 Å². The first-order valence-corrected chi connectivity index (χ1v) is 6.33. The molecule has 0 spiro atoms. The number of hydrogen-bond donors (Lipinski definition) is 1. The molecule has 90 valence electrons. The quantitative estimate of drug-likeness (QED) is 0.618. The number of halogens is 1. The maximum atomic E-state index is 11.5. The topological polar surface area (TPSA) is 51.5 Å². The molecule has 0 atom stereocenters. The van der Waals surface area contributed by atoms with Crippen LogP contribution >= 0.6 is 15.9 Å². The van der Waals surface area contributed by atoms with Crippen LogP contribution in [0.1, 0.15) is 22.5 Å². The number of furan rings is 1. The lowest BCUT2D eigenvalue weighted by Gasteiger charge is -2.03. The number of nitrogens with one attached hydrogen (secondary N) is 1. The molecule has 0 aliphatic rings. The van der Waals surface area contributed by atoms with Gasteiger partial charge in [-0.05, 0) is 19.4 Å². The van der Waals surface area contributed by atoms with E-state index in [9.17, 15) is 4.79 Å². The number of rotatable bonds is 7. The van der Waals surface area contributed by atoms with E-state index < -0.39 is 0 Å². The average Bonchev–Trinajstić information content (AvgIpc) is 2.70. The van der Waals surface area contributed by atoms with Crippen LogP contribution < -0.4 is 5.32 Å². The van der Waals surface area contributed by atoms with Crippen molar-refractivity contribution >= 4 is 21.8 Å². The van der Waals surface area contributed by atoms with Crippen LogP contribution in [-0.2, 0) is 4.74 Å². The highest BCUT2D eigenvalue weighted by molar-refractivity contribution is 9.09. The summed E-state index contributed by atoms with van der Waals surface area (Å²) in [7, 11) is 0. The fourth-order valence-corrected chi connectivity index (χ4v) is 1.43. The molecule has 0 fully saturated rings. The molecular weight excluding hydrogens is 274 g/mol. The second-order valence-corrected chi connectivity index (χ2v) is 4.15. The Morgan fingerprint density at radius 1 is 1.56 bits per heavy atom. The molecule has 1 aromatic heterocycles. The smallest absolute Gasteiger partial charge is 0.254 e. The standard InChI is InChI=1S/C11H16BrNO3/c1-9-7-10(8-16-9)11(14)13-4-2-5-15-6-3-12/h7-8H,2-6H2,1H3,(H,13,14). The minimum Gasteiger partial charge on any atom is -0.469 e.